The summed E-state index contributed by atoms with van der Waals surface area (Å²) in [6.07, 6.45) is 12.2. The maximum atomic E-state index is 13.1. The summed E-state index contributed by atoms with van der Waals surface area (Å²) >= 11 is 0. The number of rotatable bonds is 25. The molecule has 83 heavy (non-hydrogen) atoms. The van der Waals surface area contributed by atoms with Crippen LogP contribution < -0.4 is 41.0 Å². The molecule has 5 N–H and O–H groups in total. The average molecular weight is 1110 g/mol. The SMILES string of the molecule is C=C1C=C(NCCCCCCNC(=O)c2ccc(-c3ccc(C(=O)NCCCCCCNc4cc5c(cc4C)nc4ccc(N(C)C)c(C)c4[n+]5-c4ccccc4)cc3)cc2)C(C)=C/C1=N/c1ccc(N(C)C)c(C)c1Nc1ccccc1. The van der Waals surface area contributed by atoms with Crippen LogP contribution in [0, 0.1) is 20.8 Å². The number of aromatic nitrogens is 2. The predicted molar refractivity (Wildman–Crippen MR) is 348 cm³/mol. The number of nitrogens with one attached hydrogen (secondary N) is 5. The van der Waals surface area contributed by atoms with Crippen molar-refractivity contribution in [2.75, 3.05) is 74.8 Å². The van der Waals surface area contributed by atoms with E-state index in [0.717, 1.165) is 160 Å². The number of nitrogens with zero attached hydrogens (tertiary/aromatic N) is 5. The molecule has 426 valence electrons. The third-order valence-electron chi connectivity index (χ3n) is 15.5. The van der Waals surface area contributed by atoms with E-state index in [-0.39, 0.29) is 11.8 Å². The van der Waals surface area contributed by atoms with Crippen LogP contribution in [0.25, 0.3) is 38.9 Å². The summed E-state index contributed by atoms with van der Waals surface area (Å²) in [4.78, 5) is 40.6. The van der Waals surface area contributed by atoms with Gasteiger partial charge in [-0.25, -0.2) is 9.98 Å². The van der Waals surface area contributed by atoms with E-state index in [2.05, 4.69) is 194 Å². The first-order valence-electron chi connectivity index (χ1n) is 29.3. The first-order valence-corrected chi connectivity index (χ1v) is 29.3. The Morgan fingerprint density at radius 1 is 0.566 bits per heavy atom. The molecule has 0 saturated heterocycles. The molecule has 0 bridgehead atoms. The fraction of sp³-hybridized carbons (Fsp3) is 0.282. The number of benzene rings is 7. The summed E-state index contributed by atoms with van der Waals surface area (Å²) in [6.45, 7) is 15.9. The number of amides is 2. The first kappa shape index (κ1) is 58.6. The van der Waals surface area contributed by atoms with Crippen LogP contribution in [-0.2, 0) is 0 Å². The lowest BCUT2D eigenvalue weighted by molar-refractivity contribution is -0.538. The Balaban J connectivity index is 0.654. The number of allylic oxidation sites excluding steroid dienone is 4. The monoisotopic (exact) mass is 1110 g/mol. The van der Waals surface area contributed by atoms with Gasteiger partial charge in [0.05, 0.1) is 17.1 Å². The van der Waals surface area contributed by atoms with Crippen LogP contribution in [0.1, 0.15) is 95.7 Å². The fourth-order valence-corrected chi connectivity index (χ4v) is 10.9. The normalized spacial score (nSPS) is 12.7. The van der Waals surface area contributed by atoms with Crippen molar-refractivity contribution < 1.29 is 14.2 Å². The number of hydrogen-bond acceptors (Lipinski definition) is 9. The Morgan fingerprint density at radius 3 is 1.70 bits per heavy atom. The quantitative estimate of drug-likeness (QED) is 0.0217. The van der Waals surface area contributed by atoms with E-state index in [1.165, 1.54) is 16.8 Å². The standard InChI is InChI=1S/C71H80N10O2/c1-48-45-63(77-59-36-38-65(79(6)7)51(4)68(59)76-57-24-16-14-17-25-57)50(3)44-61(48)72-40-20-10-12-22-42-74-70(82)55-32-28-53(29-33-55)54-30-34-56(35-31-54)71(83)75-43-23-13-11-21-41-73-62-47-67-64(46-49(62)2)78-60-37-39-66(80(8)9)52(5)69(60)81(67)58-26-18-15-19-27-58/h14-19,24-39,44-47,72,76H,3,10-13,20-23,40-43H2,1-2,4-9H3,(H2,74,75,82,83)/p+1/b77-63-. The second kappa shape index (κ2) is 27.6. The maximum absolute atomic E-state index is 13.1. The van der Waals surface area contributed by atoms with Crippen molar-refractivity contribution in [1.82, 2.24) is 20.9 Å². The predicted octanol–water partition coefficient (Wildman–Crippen LogP) is 14.6. The molecule has 0 unspecified atom stereocenters. The van der Waals surface area contributed by atoms with Crippen molar-refractivity contribution in [1.29, 1.82) is 0 Å². The summed E-state index contributed by atoms with van der Waals surface area (Å²) in [6, 6.07) is 49.0. The van der Waals surface area contributed by atoms with Gasteiger partial charge in [0, 0.05) is 118 Å². The second-order valence-electron chi connectivity index (χ2n) is 22.2. The highest BCUT2D eigenvalue weighted by molar-refractivity contribution is 6.13. The number of carbonyl (C=O) groups excluding carboxylic acids is 2. The van der Waals surface area contributed by atoms with Crippen LogP contribution >= 0.6 is 0 Å². The Labute approximate surface area is 491 Å². The van der Waals surface area contributed by atoms with Gasteiger partial charge >= 0.3 is 0 Å². The Bertz CT molecular complexity index is 3700. The summed E-state index contributed by atoms with van der Waals surface area (Å²) < 4.78 is 2.35. The third kappa shape index (κ3) is 14.5. The van der Waals surface area contributed by atoms with Crippen LogP contribution in [0.4, 0.5) is 34.1 Å². The average Bonchev–Trinajstić information content (AvgIpc) is 3.57. The van der Waals surface area contributed by atoms with Crippen molar-refractivity contribution >= 4 is 73.7 Å². The lowest BCUT2D eigenvalue weighted by Crippen LogP contribution is -2.34. The van der Waals surface area contributed by atoms with E-state index in [4.69, 9.17) is 9.98 Å². The number of para-hydroxylation sites is 2. The molecule has 0 radical (unpaired) electrons. The van der Waals surface area contributed by atoms with Crippen LogP contribution in [0.5, 0.6) is 0 Å². The van der Waals surface area contributed by atoms with Gasteiger partial charge in [0.25, 0.3) is 11.8 Å². The maximum Gasteiger partial charge on any atom is 0.251 e. The zero-order chi connectivity index (χ0) is 58.4. The number of anilines is 5. The fourth-order valence-electron chi connectivity index (χ4n) is 10.9. The van der Waals surface area contributed by atoms with Crippen LogP contribution in [0.3, 0.4) is 0 Å². The molecular formula is C71H81N10O2+. The molecule has 12 nitrogen and oxygen atoms in total. The minimum absolute atomic E-state index is 0.0708. The van der Waals surface area contributed by atoms with Crippen LogP contribution in [-0.4, -0.2) is 76.9 Å². The number of unbranched alkanes of at least 4 members (excludes halogenated alkanes) is 6. The molecule has 7 aromatic carbocycles. The molecular weight excluding hydrogens is 1020 g/mol. The van der Waals surface area contributed by atoms with E-state index < -0.39 is 0 Å². The van der Waals surface area contributed by atoms with Gasteiger partial charge in [-0.2, -0.15) is 0 Å². The number of carbonyl (C=O) groups is 2. The van der Waals surface area contributed by atoms with Gasteiger partial charge in [-0.3, -0.25) is 9.59 Å². The highest BCUT2D eigenvalue weighted by atomic mass is 16.2. The van der Waals surface area contributed by atoms with E-state index in [0.29, 0.717) is 24.2 Å². The number of fused-ring (bicyclic) bond motifs is 2. The zero-order valence-electron chi connectivity index (χ0n) is 49.8. The van der Waals surface area contributed by atoms with E-state index in [1.54, 1.807) is 0 Å². The number of hydrogen-bond donors (Lipinski definition) is 5. The smallest absolute Gasteiger partial charge is 0.251 e. The highest BCUT2D eigenvalue weighted by Crippen LogP contribution is 2.38. The number of aryl methyl sites for hydroxylation is 2. The minimum atomic E-state index is -0.0739. The first-order chi connectivity index (χ1) is 40.2. The largest absolute Gasteiger partial charge is 0.385 e. The summed E-state index contributed by atoms with van der Waals surface area (Å²) in [5, 5.41) is 17.1. The summed E-state index contributed by atoms with van der Waals surface area (Å²) in [5.41, 5.74) is 22.1. The molecule has 0 saturated carbocycles. The molecule has 0 spiro atoms. The minimum Gasteiger partial charge on any atom is -0.385 e. The third-order valence-corrected chi connectivity index (χ3v) is 15.5. The van der Waals surface area contributed by atoms with E-state index in [9.17, 15) is 9.59 Å². The topological polar surface area (TPSA) is 130 Å². The van der Waals surface area contributed by atoms with Crippen LogP contribution in [0.2, 0.25) is 0 Å². The lowest BCUT2D eigenvalue weighted by Gasteiger charge is -2.22. The summed E-state index contributed by atoms with van der Waals surface area (Å²) in [7, 11) is 8.28. The molecule has 1 aromatic heterocycles. The van der Waals surface area contributed by atoms with Gasteiger partial charge in [0.2, 0.25) is 16.7 Å². The molecule has 1 aliphatic carbocycles. The van der Waals surface area contributed by atoms with Crippen molar-refractivity contribution in [3.8, 4) is 16.8 Å². The van der Waals surface area contributed by atoms with Crippen molar-refractivity contribution in [2.24, 2.45) is 4.99 Å². The molecule has 0 atom stereocenters. The molecule has 1 aliphatic rings. The van der Waals surface area contributed by atoms with Crippen molar-refractivity contribution in [2.45, 2.75) is 79.1 Å². The van der Waals surface area contributed by atoms with E-state index >= 15 is 0 Å². The van der Waals surface area contributed by atoms with Gasteiger partial charge < -0.3 is 36.4 Å². The summed E-state index contributed by atoms with van der Waals surface area (Å²) in [5.74, 6) is -0.145. The van der Waals surface area contributed by atoms with Gasteiger partial charge in [0.15, 0.2) is 0 Å². The van der Waals surface area contributed by atoms with Gasteiger partial charge in [-0.15, -0.1) is 4.57 Å². The lowest BCUT2D eigenvalue weighted by atomic mass is 9.98. The molecule has 0 aliphatic heterocycles. The van der Waals surface area contributed by atoms with Gasteiger partial charge in [-0.1, -0.05) is 92.9 Å². The second-order valence-corrected chi connectivity index (χ2v) is 22.2. The molecule has 2 amide bonds. The number of aliphatic imine (C=N–C) groups is 1. The molecule has 0 fully saturated rings. The van der Waals surface area contributed by atoms with Gasteiger partial charge in [-0.05, 0) is 166 Å². The molecule has 9 rings (SSSR count). The Morgan fingerprint density at radius 2 is 1.11 bits per heavy atom. The molecule has 8 aromatic rings. The Kier molecular flexibility index (Phi) is 19.5. The Hall–Kier alpha value is -9.03. The highest BCUT2D eigenvalue weighted by Gasteiger charge is 2.25. The van der Waals surface area contributed by atoms with Crippen LogP contribution in [0.15, 0.2) is 186 Å². The zero-order valence-corrected chi connectivity index (χ0v) is 49.8. The molecule has 12 heteroatoms. The van der Waals surface area contributed by atoms with E-state index in [1.807, 2.05) is 66.7 Å². The molecule has 1 heterocycles. The van der Waals surface area contributed by atoms with Crippen molar-refractivity contribution in [3.63, 3.8) is 0 Å². The van der Waals surface area contributed by atoms with Gasteiger partial charge in [0.1, 0.15) is 11.0 Å². The van der Waals surface area contributed by atoms with Crippen molar-refractivity contribution in [3.05, 3.63) is 209 Å².